The van der Waals surface area contributed by atoms with Gasteiger partial charge < -0.3 is 10.6 Å². The number of rotatable bonds is 4. The Hall–Kier alpha value is -1.14. The van der Waals surface area contributed by atoms with E-state index in [1.807, 2.05) is 13.8 Å². The summed E-state index contributed by atoms with van der Waals surface area (Å²) in [4.78, 5) is 27.4. The molecule has 2 heterocycles. The van der Waals surface area contributed by atoms with E-state index in [0.717, 1.165) is 32.7 Å². The normalized spacial score (nSPS) is 25.9. The molecule has 0 aromatic carbocycles. The molecule has 2 aliphatic rings. The molecule has 6 nitrogen and oxygen atoms in total. The first-order valence-corrected chi connectivity index (χ1v) is 6.64. The van der Waals surface area contributed by atoms with Gasteiger partial charge in [0.1, 0.15) is 6.04 Å². The van der Waals surface area contributed by atoms with Crippen LogP contribution in [0.15, 0.2) is 0 Å². The Morgan fingerprint density at radius 2 is 1.89 bits per heavy atom. The molecule has 6 heteroatoms. The minimum Gasteiger partial charge on any atom is -0.326 e. The molecular weight excluding hydrogens is 232 g/mol. The average molecular weight is 254 g/mol. The van der Waals surface area contributed by atoms with Gasteiger partial charge in [-0.25, -0.2) is 4.79 Å². The smallest absolute Gasteiger partial charge is 0.324 e. The lowest BCUT2D eigenvalue weighted by molar-refractivity contribution is -0.128. The third-order valence-electron chi connectivity index (χ3n) is 3.57. The second kappa shape index (κ2) is 5.67. The van der Waals surface area contributed by atoms with Gasteiger partial charge in [0.2, 0.25) is 0 Å². The molecule has 2 N–H and O–H groups in total. The van der Waals surface area contributed by atoms with Gasteiger partial charge in [0, 0.05) is 39.3 Å². The maximum atomic E-state index is 12.0. The highest BCUT2D eigenvalue weighted by Crippen LogP contribution is 2.13. The topological polar surface area (TPSA) is 64.7 Å². The number of piperazine rings is 1. The minimum absolute atomic E-state index is 0.0786. The van der Waals surface area contributed by atoms with Gasteiger partial charge in [-0.2, -0.15) is 0 Å². The Morgan fingerprint density at radius 1 is 1.22 bits per heavy atom. The van der Waals surface area contributed by atoms with Crippen molar-refractivity contribution in [3.8, 4) is 0 Å². The van der Waals surface area contributed by atoms with Crippen LogP contribution in [0.5, 0.6) is 0 Å². The molecule has 2 fully saturated rings. The molecule has 3 amide bonds. The number of hydrogen-bond donors (Lipinski definition) is 2. The highest BCUT2D eigenvalue weighted by molar-refractivity contribution is 6.04. The summed E-state index contributed by atoms with van der Waals surface area (Å²) >= 11 is 0. The largest absolute Gasteiger partial charge is 0.326 e. The molecular formula is C12H22N4O2. The number of amides is 3. The van der Waals surface area contributed by atoms with E-state index in [4.69, 9.17) is 0 Å². The highest BCUT2D eigenvalue weighted by Gasteiger charge is 2.39. The zero-order chi connectivity index (χ0) is 13.1. The lowest BCUT2D eigenvalue weighted by Crippen LogP contribution is -2.47. The minimum atomic E-state index is -0.347. The van der Waals surface area contributed by atoms with E-state index in [2.05, 4.69) is 15.5 Å². The van der Waals surface area contributed by atoms with Crippen LogP contribution < -0.4 is 10.6 Å². The van der Waals surface area contributed by atoms with Crippen molar-refractivity contribution >= 4 is 11.9 Å². The molecule has 1 atom stereocenters. The van der Waals surface area contributed by atoms with E-state index in [9.17, 15) is 9.59 Å². The summed E-state index contributed by atoms with van der Waals surface area (Å²) in [6, 6.07) is -0.589. The van der Waals surface area contributed by atoms with Gasteiger partial charge in [-0.3, -0.25) is 14.6 Å². The Kier molecular flexibility index (Phi) is 4.19. The number of urea groups is 1. The van der Waals surface area contributed by atoms with E-state index in [0.29, 0.717) is 6.54 Å². The Morgan fingerprint density at radius 3 is 2.44 bits per heavy atom. The first kappa shape index (κ1) is 13.3. The van der Waals surface area contributed by atoms with Crippen molar-refractivity contribution in [1.82, 2.24) is 20.4 Å². The van der Waals surface area contributed by atoms with Gasteiger partial charge >= 0.3 is 6.03 Å². The van der Waals surface area contributed by atoms with Gasteiger partial charge in [0.05, 0.1) is 0 Å². The van der Waals surface area contributed by atoms with E-state index in [1.165, 1.54) is 4.90 Å². The summed E-state index contributed by atoms with van der Waals surface area (Å²) in [6.07, 6.45) is 0. The fraction of sp³-hybridized carbons (Fsp3) is 0.833. The van der Waals surface area contributed by atoms with Crippen molar-refractivity contribution in [2.75, 3.05) is 39.3 Å². The standard InChI is InChI=1S/C12H22N4O2/c1-9(2)10-11(17)16(12(18)14-10)8-7-15-5-3-13-4-6-15/h9-10,13H,3-8H2,1-2H3,(H,14,18). The summed E-state index contributed by atoms with van der Waals surface area (Å²) in [6.45, 7) is 9.09. The van der Waals surface area contributed by atoms with E-state index in [-0.39, 0.29) is 23.9 Å². The molecule has 102 valence electrons. The first-order chi connectivity index (χ1) is 8.59. The molecule has 0 saturated carbocycles. The molecule has 18 heavy (non-hydrogen) atoms. The third-order valence-corrected chi connectivity index (χ3v) is 3.57. The van der Waals surface area contributed by atoms with Crippen molar-refractivity contribution < 1.29 is 9.59 Å². The Balaban J connectivity index is 1.85. The maximum Gasteiger partial charge on any atom is 0.324 e. The molecule has 0 aromatic rings. The summed E-state index contributed by atoms with van der Waals surface area (Å²) in [5, 5.41) is 6.03. The summed E-state index contributed by atoms with van der Waals surface area (Å²) in [7, 11) is 0. The van der Waals surface area contributed by atoms with Crippen LogP contribution in [0.3, 0.4) is 0 Å². The number of hydrogen-bond acceptors (Lipinski definition) is 4. The molecule has 0 aromatic heterocycles. The van der Waals surface area contributed by atoms with Gasteiger partial charge in [0.15, 0.2) is 0 Å². The molecule has 0 radical (unpaired) electrons. The number of carbonyl (C=O) groups excluding carboxylic acids is 2. The van der Waals surface area contributed by atoms with Crippen LogP contribution >= 0.6 is 0 Å². The van der Waals surface area contributed by atoms with E-state index >= 15 is 0 Å². The van der Waals surface area contributed by atoms with E-state index in [1.54, 1.807) is 0 Å². The van der Waals surface area contributed by atoms with Crippen molar-refractivity contribution in [3.05, 3.63) is 0 Å². The Bertz CT molecular complexity index is 326. The quantitative estimate of drug-likeness (QED) is 0.662. The zero-order valence-electron chi connectivity index (χ0n) is 11.1. The third kappa shape index (κ3) is 2.81. The zero-order valence-corrected chi connectivity index (χ0v) is 11.1. The molecule has 0 bridgehead atoms. The maximum absolute atomic E-state index is 12.0. The van der Waals surface area contributed by atoms with Crippen molar-refractivity contribution in [2.24, 2.45) is 5.92 Å². The monoisotopic (exact) mass is 254 g/mol. The van der Waals surface area contributed by atoms with Crippen molar-refractivity contribution in [1.29, 1.82) is 0 Å². The highest BCUT2D eigenvalue weighted by atomic mass is 16.2. The predicted molar refractivity (Wildman–Crippen MR) is 68.2 cm³/mol. The fourth-order valence-corrected chi connectivity index (χ4v) is 2.38. The lowest BCUT2D eigenvalue weighted by Gasteiger charge is -2.28. The van der Waals surface area contributed by atoms with Gasteiger partial charge in [-0.15, -0.1) is 0 Å². The molecule has 2 aliphatic heterocycles. The fourth-order valence-electron chi connectivity index (χ4n) is 2.38. The summed E-state index contributed by atoms with van der Waals surface area (Å²) < 4.78 is 0. The molecule has 0 aliphatic carbocycles. The molecule has 2 rings (SSSR count). The van der Waals surface area contributed by atoms with Crippen LogP contribution in [0.4, 0.5) is 4.79 Å². The molecule has 2 saturated heterocycles. The van der Waals surface area contributed by atoms with E-state index < -0.39 is 0 Å². The van der Waals surface area contributed by atoms with Crippen LogP contribution in [0.2, 0.25) is 0 Å². The second-order valence-electron chi connectivity index (χ2n) is 5.25. The van der Waals surface area contributed by atoms with Crippen LogP contribution in [0, 0.1) is 5.92 Å². The predicted octanol–water partition coefficient (Wildman–Crippen LogP) is -0.532. The number of carbonyl (C=O) groups is 2. The SMILES string of the molecule is CC(C)C1NC(=O)N(CCN2CCNCC2)C1=O. The Labute approximate surface area is 108 Å². The molecule has 1 unspecified atom stereocenters. The lowest BCUT2D eigenvalue weighted by atomic mass is 10.1. The van der Waals surface area contributed by atoms with Crippen LogP contribution in [0.1, 0.15) is 13.8 Å². The van der Waals surface area contributed by atoms with Gasteiger partial charge in [-0.1, -0.05) is 13.8 Å². The number of nitrogens with one attached hydrogen (secondary N) is 2. The van der Waals surface area contributed by atoms with Crippen molar-refractivity contribution in [3.63, 3.8) is 0 Å². The summed E-state index contributed by atoms with van der Waals surface area (Å²) in [5.74, 6) is 0.0655. The van der Waals surface area contributed by atoms with Crippen LogP contribution in [-0.4, -0.2) is 67.0 Å². The molecule has 0 spiro atoms. The van der Waals surface area contributed by atoms with Crippen molar-refractivity contribution in [2.45, 2.75) is 19.9 Å². The van der Waals surface area contributed by atoms with Crippen LogP contribution in [0.25, 0.3) is 0 Å². The number of nitrogens with zero attached hydrogens (tertiary/aromatic N) is 2. The second-order valence-corrected chi connectivity index (χ2v) is 5.25. The van der Waals surface area contributed by atoms with Gasteiger partial charge in [0.25, 0.3) is 5.91 Å². The summed E-state index contributed by atoms with van der Waals surface area (Å²) in [5.41, 5.74) is 0. The van der Waals surface area contributed by atoms with Crippen LogP contribution in [-0.2, 0) is 4.79 Å². The number of imide groups is 1. The van der Waals surface area contributed by atoms with Gasteiger partial charge in [-0.05, 0) is 5.92 Å². The first-order valence-electron chi connectivity index (χ1n) is 6.64. The average Bonchev–Trinajstić information content (AvgIpc) is 2.64.